The minimum atomic E-state index is 0.0491. The zero-order chi connectivity index (χ0) is 8.55. The third kappa shape index (κ3) is 1.26. The first-order valence-electron chi connectivity index (χ1n) is 3.46. The van der Waals surface area contributed by atoms with Gasteiger partial charge >= 0.3 is 0 Å². The van der Waals surface area contributed by atoms with Gasteiger partial charge in [0, 0.05) is 5.56 Å². The normalized spacial score (nSPS) is 10.8. The molecule has 2 aromatic rings. The van der Waals surface area contributed by atoms with E-state index in [4.69, 9.17) is 5.11 Å². The van der Waals surface area contributed by atoms with E-state index >= 15 is 0 Å². The number of aromatic nitrogens is 1. The monoisotopic (exact) mass is 243 g/mol. The van der Waals surface area contributed by atoms with Gasteiger partial charge in [0.2, 0.25) is 0 Å². The number of aliphatic hydroxyl groups is 1. The van der Waals surface area contributed by atoms with Crippen LogP contribution in [0.5, 0.6) is 0 Å². The molecule has 2 nitrogen and oxygen atoms in total. The largest absolute Gasteiger partial charge is 0.392 e. The second-order valence-electron chi connectivity index (χ2n) is 2.39. The van der Waals surface area contributed by atoms with Gasteiger partial charge in [-0.25, -0.2) is 4.98 Å². The van der Waals surface area contributed by atoms with Crippen LogP contribution in [0, 0.1) is 0 Å². The third-order valence-corrected chi connectivity index (χ3v) is 3.12. The fourth-order valence-electron chi connectivity index (χ4n) is 1.11. The molecule has 0 radical (unpaired) electrons. The fraction of sp³-hybridized carbons (Fsp3) is 0.125. The van der Waals surface area contributed by atoms with Crippen LogP contribution in [0.3, 0.4) is 0 Å². The molecule has 0 saturated heterocycles. The van der Waals surface area contributed by atoms with Crippen molar-refractivity contribution >= 4 is 37.5 Å². The van der Waals surface area contributed by atoms with E-state index in [1.54, 1.807) is 11.3 Å². The van der Waals surface area contributed by atoms with Gasteiger partial charge in [-0.3, -0.25) is 0 Å². The molecule has 4 heteroatoms. The Hall–Kier alpha value is -0.450. The van der Waals surface area contributed by atoms with Crippen LogP contribution in [0.15, 0.2) is 22.1 Å². The molecule has 1 N–H and O–H groups in total. The quantitative estimate of drug-likeness (QED) is 0.836. The lowest BCUT2D eigenvalue weighted by atomic mass is 10.2. The third-order valence-electron chi connectivity index (χ3n) is 1.65. The molecule has 0 aliphatic heterocycles. The average Bonchev–Trinajstić information content (AvgIpc) is 2.44. The summed E-state index contributed by atoms with van der Waals surface area (Å²) in [5, 5.41) is 8.99. The van der Waals surface area contributed by atoms with Crippen molar-refractivity contribution in [2.45, 2.75) is 6.61 Å². The molecule has 0 aliphatic rings. The van der Waals surface area contributed by atoms with E-state index in [1.807, 2.05) is 18.2 Å². The molecule has 0 unspecified atom stereocenters. The predicted octanol–water partition coefficient (Wildman–Crippen LogP) is 2.55. The Morgan fingerprint density at radius 1 is 1.50 bits per heavy atom. The Bertz CT molecular complexity index is 412. The van der Waals surface area contributed by atoms with Gasteiger partial charge in [0.1, 0.15) is 0 Å². The van der Waals surface area contributed by atoms with Crippen molar-refractivity contribution in [3.63, 3.8) is 0 Å². The number of rotatable bonds is 1. The highest BCUT2D eigenvalue weighted by molar-refractivity contribution is 9.11. The smallest absolute Gasteiger partial charge is 0.160 e. The molecule has 0 fully saturated rings. The molecule has 1 aromatic carbocycles. The maximum atomic E-state index is 8.99. The molecular formula is C8H6BrNOS. The van der Waals surface area contributed by atoms with Crippen molar-refractivity contribution in [2.75, 3.05) is 0 Å². The van der Waals surface area contributed by atoms with Gasteiger partial charge in [0.25, 0.3) is 0 Å². The van der Waals surface area contributed by atoms with Crippen LogP contribution in [0.25, 0.3) is 10.2 Å². The minimum Gasteiger partial charge on any atom is -0.392 e. The first-order valence-corrected chi connectivity index (χ1v) is 5.07. The Kier molecular flexibility index (Phi) is 2.12. The van der Waals surface area contributed by atoms with Crippen LogP contribution in [0.2, 0.25) is 0 Å². The minimum absolute atomic E-state index is 0.0491. The van der Waals surface area contributed by atoms with Crippen LogP contribution in [0.1, 0.15) is 5.56 Å². The number of aliphatic hydroxyl groups excluding tert-OH is 1. The van der Waals surface area contributed by atoms with Crippen molar-refractivity contribution in [3.8, 4) is 0 Å². The van der Waals surface area contributed by atoms with Crippen molar-refractivity contribution in [1.82, 2.24) is 4.98 Å². The number of nitrogens with zero attached hydrogens (tertiary/aromatic N) is 1. The van der Waals surface area contributed by atoms with E-state index < -0.39 is 0 Å². The van der Waals surface area contributed by atoms with Crippen LogP contribution < -0.4 is 0 Å². The summed E-state index contributed by atoms with van der Waals surface area (Å²) in [6.45, 7) is 0.0491. The zero-order valence-electron chi connectivity index (χ0n) is 6.12. The Morgan fingerprint density at radius 3 is 3.08 bits per heavy atom. The molecule has 0 atom stereocenters. The van der Waals surface area contributed by atoms with Gasteiger partial charge in [-0.05, 0) is 22.0 Å². The predicted molar refractivity (Wildman–Crippen MR) is 53.2 cm³/mol. The van der Waals surface area contributed by atoms with Crippen molar-refractivity contribution < 1.29 is 5.11 Å². The van der Waals surface area contributed by atoms with Gasteiger partial charge < -0.3 is 5.11 Å². The molecule has 1 heterocycles. The molecular weight excluding hydrogens is 238 g/mol. The number of fused-ring (bicyclic) bond motifs is 1. The Balaban J connectivity index is 2.78. The number of hydrogen-bond acceptors (Lipinski definition) is 3. The summed E-state index contributed by atoms with van der Waals surface area (Å²) in [6, 6.07) is 5.81. The summed E-state index contributed by atoms with van der Waals surface area (Å²) >= 11 is 4.89. The topological polar surface area (TPSA) is 33.1 Å². The Labute approximate surface area is 82.0 Å². The summed E-state index contributed by atoms with van der Waals surface area (Å²) in [5.41, 5.74) is 1.78. The van der Waals surface area contributed by atoms with Crippen LogP contribution >= 0.6 is 27.3 Å². The maximum Gasteiger partial charge on any atom is 0.160 e. The number of thiazole rings is 1. The summed E-state index contributed by atoms with van der Waals surface area (Å²) in [5.74, 6) is 0. The van der Waals surface area contributed by atoms with Gasteiger partial charge in [0.15, 0.2) is 3.92 Å². The van der Waals surface area contributed by atoms with Crippen molar-refractivity contribution in [1.29, 1.82) is 0 Å². The SMILES string of the molecule is OCc1cccc2sc(Br)nc12. The Morgan fingerprint density at radius 2 is 2.33 bits per heavy atom. The summed E-state index contributed by atoms with van der Waals surface area (Å²) in [4.78, 5) is 4.26. The molecule has 0 amide bonds. The first kappa shape index (κ1) is 8.16. The van der Waals surface area contributed by atoms with Crippen LogP contribution in [-0.2, 0) is 6.61 Å². The molecule has 0 bridgehead atoms. The maximum absolute atomic E-state index is 8.99. The van der Waals surface area contributed by atoms with Gasteiger partial charge in [-0.2, -0.15) is 0 Å². The standard InChI is InChI=1S/C8H6BrNOS/c9-8-10-7-5(4-11)2-1-3-6(7)12-8/h1-3,11H,4H2. The first-order chi connectivity index (χ1) is 5.81. The van der Waals surface area contributed by atoms with Gasteiger partial charge in [0.05, 0.1) is 16.8 Å². The van der Waals surface area contributed by atoms with Crippen LogP contribution in [0.4, 0.5) is 0 Å². The number of para-hydroxylation sites is 1. The summed E-state index contributed by atoms with van der Waals surface area (Å²) in [7, 11) is 0. The average molecular weight is 244 g/mol. The molecule has 62 valence electrons. The van der Waals surface area contributed by atoms with E-state index in [1.165, 1.54) is 0 Å². The van der Waals surface area contributed by atoms with E-state index in [2.05, 4.69) is 20.9 Å². The van der Waals surface area contributed by atoms with Gasteiger partial charge in [-0.15, -0.1) is 11.3 Å². The number of benzene rings is 1. The zero-order valence-corrected chi connectivity index (χ0v) is 8.52. The van der Waals surface area contributed by atoms with Gasteiger partial charge in [-0.1, -0.05) is 12.1 Å². The summed E-state index contributed by atoms with van der Waals surface area (Å²) < 4.78 is 1.96. The molecule has 0 saturated carbocycles. The highest BCUT2D eigenvalue weighted by Crippen LogP contribution is 2.27. The van der Waals surface area contributed by atoms with E-state index in [0.717, 1.165) is 19.7 Å². The number of halogens is 1. The highest BCUT2D eigenvalue weighted by atomic mass is 79.9. The molecule has 0 aliphatic carbocycles. The van der Waals surface area contributed by atoms with E-state index in [-0.39, 0.29) is 6.61 Å². The molecule has 0 spiro atoms. The summed E-state index contributed by atoms with van der Waals surface area (Å²) in [6.07, 6.45) is 0. The number of hydrogen-bond donors (Lipinski definition) is 1. The highest BCUT2D eigenvalue weighted by Gasteiger charge is 2.04. The lowest BCUT2D eigenvalue weighted by Crippen LogP contribution is -1.83. The fourth-order valence-corrected chi connectivity index (χ4v) is 2.54. The molecule has 1 aromatic heterocycles. The van der Waals surface area contributed by atoms with Crippen molar-refractivity contribution in [2.24, 2.45) is 0 Å². The molecule has 12 heavy (non-hydrogen) atoms. The van der Waals surface area contributed by atoms with E-state index in [0.29, 0.717) is 0 Å². The van der Waals surface area contributed by atoms with Crippen molar-refractivity contribution in [3.05, 3.63) is 27.7 Å². The second kappa shape index (κ2) is 3.12. The molecule has 2 rings (SSSR count). The lowest BCUT2D eigenvalue weighted by molar-refractivity contribution is 0.283. The van der Waals surface area contributed by atoms with E-state index in [9.17, 15) is 0 Å². The lowest BCUT2D eigenvalue weighted by Gasteiger charge is -1.94. The second-order valence-corrected chi connectivity index (χ2v) is 4.70. The van der Waals surface area contributed by atoms with Crippen LogP contribution in [-0.4, -0.2) is 10.1 Å².